The van der Waals surface area contributed by atoms with Gasteiger partial charge >= 0.3 is 0 Å². The molecule has 1 aliphatic rings. The van der Waals surface area contributed by atoms with Crippen molar-refractivity contribution in [1.29, 1.82) is 0 Å². The van der Waals surface area contributed by atoms with Gasteiger partial charge in [-0.15, -0.1) is 0 Å². The van der Waals surface area contributed by atoms with Crippen LogP contribution in [0.25, 0.3) is 0 Å². The van der Waals surface area contributed by atoms with Crippen molar-refractivity contribution in [3.63, 3.8) is 0 Å². The van der Waals surface area contributed by atoms with E-state index in [9.17, 15) is 15.0 Å². The summed E-state index contributed by atoms with van der Waals surface area (Å²) in [5.74, 6) is 0.345. The van der Waals surface area contributed by atoms with E-state index in [-0.39, 0.29) is 6.42 Å². The Kier molecular flexibility index (Phi) is 4.30. The number of para-hydroxylation sites is 1. The summed E-state index contributed by atoms with van der Waals surface area (Å²) in [6.45, 7) is 1.92. The standard InChI is InChI=1S/C19H21NO4/c1-13(21)11-19(23)16-5-3-4-6-17(16)20(18(19)22)12-14-7-9-15(24-2)10-8-14/h3-10,13,21,23H,11-12H2,1-2H3/t13-,19+/m0/s1. The zero-order chi connectivity index (χ0) is 17.3. The highest BCUT2D eigenvalue weighted by Gasteiger charge is 2.49. The van der Waals surface area contributed by atoms with Gasteiger partial charge in [0.1, 0.15) is 5.75 Å². The Bertz CT molecular complexity index is 741. The van der Waals surface area contributed by atoms with Gasteiger partial charge in [0.25, 0.3) is 5.91 Å². The van der Waals surface area contributed by atoms with E-state index in [1.807, 2.05) is 36.4 Å². The van der Waals surface area contributed by atoms with Gasteiger partial charge in [-0.25, -0.2) is 0 Å². The number of nitrogens with zero attached hydrogens (tertiary/aromatic N) is 1. The fourth-order valence-corrected chi connectivity index (χ4v) is 3.20. The van der Waals surface area contributed by atoms with Crippen LogP contribution >= 0.6 is 0 Å². The topological polar surface area (TPSA) is 70.0 Å². The number of aliphatic hydroxyl groups is 2. The summed E-state index contributed by atoms with van der Waals surface area (Å²) < 4.78 is 5.15. The van der Waals surface area contributed by atoms with E-state index in [0.717, 1.165) is 11.3 Å². The third-order valence-corrected chi connectivity index (χ3v) is 4.33. The number of hydrogen-bond donors (Lipinski definition) is 2. The Morgan fingerprint density at radius 3 is 2.46 bits per heavy atom. The number of benzene rings is 2. The molecule has 2 aromatic rings. The van der Waals surface area contributed by atoms with Gasteiger partial charge in [-0.2, -0.15) is 0 Å². The molecule has 1 amide bonds. The highest BCUT2D eigenvalue weighted by atomic mass is 16.5. The maximum atomic E-state index is 12.9. The molecule has 0 aromatic heterocycles. The number of methoxy groups -OCH3 is 1. The van der Waals surface area contributed by atoms with E-state index < -0.39 is 17.6 Å². The molecule has 3 rings (SSSR count). The van der Waals surface area contributed by atoms with E-state index in [0.29, 0.717) is 17.8 Å². The second-order valence-corrected chi connectivity index (χ2v) is 6.17. The molecule has 0 fully saturated rings. The first-order valence-electron chi connectivity index (χ1n) is 7.90. The molecular weight excluding hydrogens is 306 g/mol. The highest BCUT2D eigenvalue weighted by molar-refractivity contribution is 6.06. The van der Waals surface area contributed by atoms with Crippen molar-refractivity contribution in [2.45, 2.75) is 31.6 Å². The number of fused-ring (bicyclic) bond motifs is 1. The van der Waals surface area contributed by atoms with Gasteiger partial charge in [0.05, 0.1) is 25.4 Å². The lowest BCUT2D eigenvalue weighted by Crippen LogP contribution is -2.41. The van der Waals surface area contributed by atoms with Crippen molar-refractivity contribution in [3.8, 4) is 5.75 Å². The predicted molar refractivity (Wildman–Crippen MR) is 90.8 cm³/mol. The second-order valence-electron chi connectivity index (χ2n) is 6.17. The minimum absolute atomic E-state index is 0.0258. The molecular formula is C19H21NO4. The lowest BCUT2D eigenvalue weighted by atomic mass is 9.90. The van der Waals surface area contributed by atoms with Crippen molar-refractivity contribution in [2.24, 2.45) is 0 Å². The Morgan fingerprint density at radius 1 is 1.17 bits per heavy atom. The monoisotopic (exact) mass is 327 g/mol. The van der Waals surface area contributed by atoms with Gasteiger partial charge in [-0.05, 0) is 30.7 Å². The van der Waals surface area contributed by atoms with Crippen LogP contribution in [-0.2, 0) is 16.9 Å². The normalized spacial score (nSPS) is 20.8. The largest absolute Gasteiger partial charge is 0.497 e. The first-order chi connectivity index (χ1) is 11.5. The van der Waals surface area contributed by atoms with Gasteiger partial charge < -0.3 is 19.8 Å². The zero-order valence-electron chi connectivity index (χ0n) is 13.8. The van der Waals surface area contributed by atoms with E-state index in [1.54, 1.807) is 31.1 Å². The molecule has 1 aliphatic heterocycles. The first-order valence-corrected chi connectivity index (χ1v) is 7.90. The van der Waals surface area contributed by atoms with E-state index in [4.69, 9.17) is 4.74 Å². The van der Waals surface area contributed by atoms with Crippen LogP contribution in [0, 0.1) is 0 Å². The molecule has 0 unspecified atom stereocenters. The summed E-state index contributed by atoms with van der Waals surface area (Å²) >= 11 is 0. The number of anilines is 1. The number of ether oxygens (including phenoxy) is 1. The van der Waals surface area contributed by atoms with Crippen LogP contribution in [-0.4, -0.2) is 29.3 Å². The van der Waals surface area contributed by atoms with Crippen LogP contribution in [0.2, 0.25) is 0 Å². The fraction of sp³-hybridized carbons (Fsp3) is 0.316. The van der Waals surface area contributed by atoms with Crippen LogP contribution < -0.4 is 9.64 Å². The van der Waals surface area contributed by atoms with Gasteiger partial charge in [0, 0.05) is 12.0 Å². The molecule has 2 aromatic carbocycles. The van der Waals surface area contributed by atoms with Gasteiger partial charge in [-0.1, -0.05) is 30.3 Å². The summed E-state index contributed by atoms with van der Waals surface area (Å²) in [6, 6.07) is 14.6. The summed E-state index contributed by atoms with van der Waals surface area (Å²) in [4.78, 5) is 14.5. The third kappa shape index (κ3) is 2.77. The smallest absolute Gasteiger partial charge is 0.264 e. The molecule has 126 valence electrons. The zero-order valence-corrected chi connectivity index (χ0v) is 13.8. The minimum Gasteiger partial charge on any atom is -0.497 e. The first kappa shape index (κ1) is 16.5. The van der Waals surface area contributed by atoms with Crippen molar-refractivity contribution < 1.29 is 19.7 Å². The summed E-state index contributed by atoms with van der Waals surface area (Å²) in [6.07, 6.45) is -0.810. The summed E-state index contributed by atoms with van der Waals surface area (Å²) in [7, 11) is 1.60. The molecule has 0 bridgehead atoms. The van der Waals surface area contributed by atoms with Crippen LogP contribution in [0.15, 0.2) is 48.5 Å². The average Bonchev–Trinajstić information content (AvgIpc) is 2.77. The Hall–Kier alpha value is -2.37. The Balaban J connectivity index is 1.95. The molecule has 0 aliphatic carbocycles. The molecule has 2 atom stereocenters. The number of amides is 1. The molecule has 5 heteroatoms. The molecule has 24 heavy (non-hydrogen) atoms. The molecule has 0 radical (unpaired) electrons. The van der Waals surface area contributed by atoms with E-state index in [2.05, 4.69) is 0 Å². The lowest BCUT2D eigenvalue weighted by molar-refractivity contribution is -0.139. The van der Waals surface area contributed by atoms with Gasteiger partial charge in [0.2, 0.25) is 0 Å². The van der Waals surface area contributed by atoms with Crippen LogP contribution in [0.3, 0.4) is 0 Å². The molecule has 5 nitrogen and oxygen atoms in total. The van der Waals surface area contributed by atoms with Crippen LogP contribution in [0.4, 0.5) is 5.69 Å². The highest BCUT2D eigenvalue weighted by Crippen LogP contribution is 2.43. The van der Waals surface area contributed by atoms with Crippen molar-refractivity contribution in [2.75, 3.05) is 12.0 Å². The third-order valence-electron chi connectivity index (χ3n) is 4.33. The number of carbonyl (C=O) groups excluding carboxylic acids is 1. The molecule has 0 saturated heterocycles. The Labute approximate surface area is 141 Å². The van der Waals surface area contributed by atoms with Crippen LogP contribution in [0.5, 0.6) is 5.75 Å². The van der Waals surface area contributed by atoms with E-state index in [1.165, 1.54) is 0 Å². The van der Waals surface area contributed by atoms with Gasteiger partial charge in [0.15, 0.2) is 5.60 Å². The number of hydrogen-bond acceptors (Lipinski definition) is 4. The van der Waals surface area contributed by atoms with E-state index >= 15 is 0 Å². The van der Waals surface area contributed by atoms with Crippen LogP contribution in [0.1, 0.15) is 24.5 Å². The fourth-order valence-electron chi connectivity index (χ4n) is 3.20. The average molecular weight is 327 g/mol. The molecule has 0 spiro atoms. The van der Waals surface area contributed by atoms with Crippen molar-refractivity contribution in [3.05, 3.63) is 59.7 Å². The van der Waals surface area contributed by atoms with Crippen molar-refractivity contribution in [1.82, 2.24) is 0 Å². The number of aliphatic hydroxyl groups excluding tert-OH is 1. The summed E-state index contributed by atoms with van der Waals surface area (Å²) in [5, 5.41) is 20.7. The Morgan fingerprint density at radius 2 is 1.83 bits per heavy atom. The quantitative estimate of drug-likeness (QED) is 0.883. The lowest BCUT2D eigenvalue weighted by Gasteiger charge is -2.24. The summed E-state index contributed by atoms with van der Waals surface area (Å²) in [5.41, 5.74) is 0.475. The SMILES string of the molecule is COc1ccc(CN2C(=O)[C@@](O)(C[C@H](C)O)c3ccccc32)cc1. The minimum atomic E-state index is -1.68. The molecule has 1 heterocycles. The maximum absolute atomic E-state index is 12.9. The van der Waals surface area contributed by atoms with Gasteiger partial charge in [-0.3, -0.25) is 4.79 Å². The number of rotatable bonds is 5. The number of carbonyl (C=O) groups is 1. The predicted octanol–water partition coefficient (Wildman–Crippen LogP) is 2.20. The second kappa shape index (κ2) is 6.26. The molecule has 0 saturated carbocycles. The maximum Gasteiger partial charge on any atom is 0.264 e. The van der Waals surface area contributed by atoms with Crippen molar-refractivity contribution >= 4 is 11.6 Å². The molecule has 2 N–H and O–H groups in total.